The molecule has 2 aliphatic rings. The Balaban J connectivity index is 1.81. The number of nitrogens with one attached hydrogen (secondary N) is 1. The molecule has 2 fully saturated rings. The van der Waals surface area contributed by atoms with E-state index in [1.165, 1.54) is 19.3 Å². The summed E-state index contributed by atoms with van der Waals surface area (Å²) in [6.45, 7) is 6.02. The van der Waals surface area contributed by atoms with Gasteiger partial charge in [0.2, 0.25) is 10.0 Å². The fraction of sp³-hybridized carbons (Fsp3) is 1.00. The van der Waals surface area contributed by atoms with Crippen molar-refractivity contribution >= 4 is 10.0 Å². The van der Waals surface area contributed by atoms with E-state index in [2.05, 4.69) is 10.2 Å². The molecule has 2 aliphatic heterocycles. The zero-order chi connectivity index (χ0) is 13.6. The predicted octanol–water partition coefficient (Wildman–Crippen LogP) is 0.488. The second-order valence-corrected chi connectivity index (χ2v) is 7.66. The summed E-state index contributed by atoms with van der Waals surface area (Å²) >= 11 is 0. The molecule has 112 valence electrons. The molecule has 1 N–H and O–H groups in total. The van der Waals surface area contributed by atoms with Crippen LogP contribution in [0.4, 0.5) is 0 Å². The molecule has 0 unspecified atom stereocenters. The van der Waals surface area contributed by atoms with E-state index in [0.717, 1.165) is 52.1 Å². The van der Waals surface area contributed by atoms with Gasteiger partial charge in [0.15, 0.2) is 0 Å². The van der Waals surface area contributed by atoms with E-state index in [4.69, 9.17) is 0 Å². The molecule has 6 heteroatoms. The second-order valence-electron chi connectivity index (χ2n) is 5.57. The van der Waals surface area contributed by atoms with E-state index in [9.17, 15) is 8.42 Å². The number of sulfonamides is 1. The van der Waals surface area contributed by atoms with Crippen LogP contribution in [0.5, 0.6) is 0 Å². The maximum absolute atomic E-state index is 12.4. The summed E-state index contributed by atoms with van der Waals surface area (Å²) in [5.41, 5.74) is 0. The van der Waals surface area contributed by atoms with Crippen LogP contribution in [0.25, 0.3) is 0 Å². The first-order valence-corrected chi connectivity index (χ1v) is 9.20. The molecule has 0 saturated carbocycles. The van der Waals surface area contributed by atoms with Crippen molar-refractivity contribution < 1.29 is 8.42 Å². The van der Waals surface area contributed by atoms with Gasteiger partial charge in [0.25, 0.3) is 0 Å². The summed E-state index contributed by atoms with van der Waals surface area (Å²) in [7, 11) is -3.05. The first-order chi connectivity index (χ1) is 9.18. The average Bonchev–Trinajstić information content (AvgIpc) is 2.37. The third kappa shape index (κ3) is 5.02. The highest BCUT2D eigenvalue weighted by Crippen LogP contribution is 2.14. The van der Waals surface area contributed by atoms with Gasteiger partial charge in [-0.1, -0.05) is 19.3 Å². The van der Waals surface area contributed by atoms with Crippen LogP contribution in [0.1, 0.15) is 32.1 Å². The van der Waals surface area contributed by atoms with Gasteiger partial charge in [-0.2, -0.15) is 0 Å². The van der Waals surface area contributed by atoms with Crippen molar-refractivity contribution in [1.82, 2.24) is 14.5 Å². The summed E-state index contributed by atoms with van der Waals surface area (Å²) in [4.78, 5) is 2.25. The Kier molecular flexibility index (Phi) is 6.06. The lowest BCUT2D eigenvalue weighted by Gasteiger charge is -2.29. The molecule has 5 nitrogen and oxygen atoms in total. The highest BCUT2D eigenvalue weighted by Gasteiger charge is 2.23. The van der Waals surface area contributed by atoms with Gasteiger partial charge in [0.05, 0.1) is 5.75 Å². The van der Waals surface area contributed by atoms with Crippen molar-refractivity contribution in [3.63, 3.8) is 0 Å². The average molecular weight is 289 g/mol. The van der Waals surface area contributed by atoms with E-state index in [1.54, 1.807) is 4.31 Å². The Hall–Kier alpha value is -0.170. The molecule has 0 aromatic rings. The number of hydrogen-bond donors (Lipinski definition) is 1. The largest absolute Gasteiger partial charge is 0.314 e. The Morgan fingerprint density at radius 3 is 2.05 bits per heavy atom. The van der Waals surface area contributed by atoms with Crippen LogP contribution in [0.15, 0.2) is 0 Å². The lowest BCUT2D eigenvalue weighted by molar-refractivity contribution is 0.252. The summed E-state index contributed by atoms with van der Waals surface area (Å²) in [6.07, 6.45) is 5.64. The number of hydrogen-bond acceptors (Lipinski definition) is 4. The standard InChI is InChI=1S/C13H27N3O2S/c17-19(18,13-12-15-10-6-14-7-11-15)16-8-4-2-1-3-5-9-16/h14H,1-13H2. The van der Waals surface area contributed by atoms with Gasteiger partial charge in [-0.25, -0.2) is 12.7 Å². The molecule has 2 saturated heterocycles. The van der Waals surface area contributed by atoms with Crippen LogP contribution in [0, 0.1) is 0 Å². The van der Waals surface area contributed by atoms with Gasteiger partial charge in [-0.3, -0.25) is 4.90 Å². The minimum absolute atomic E-state index is 0.285. The Morgan fingerprint density at radius 1 is 0.842 bits per heavy atom. The number of piperazine rings is 1. The molecule has 0 bridgehead atoms. The minimum Gasteiger partial charge on any atom is -0.314 e. The maximum atomic E-state index is 12.4. The van der Waals surface area contributed by atoms with E-state index in [1.807, 2.05) is 0 Å². The topological polar surface area (TPSA) is 52.7 Å². The summed E-state index contributed by atoms with van der Waals surface area (Å²) in [6, 6.07) is 0. The van der Waals surface area contributed by atoms with Gasteiger partial charge < -0.3 is 5.32 Å². The molecule has 0 aromatic carbocycles. The van der Waals surface area contributed by atoms with Crippen molar-refractivity contribution in [2.75, 3.05) is 51.6 Å². The molecule has 0 aliphatic carbocycles. The molecule has 0 aromatic heterocycles. The molecule has 2 heterocycles. The van der Waals surface area contributed by atoms with Crippen LogP contribution in [0.2, 0.25) is 0 Å². The maximum Gasteiger partial charge on any atom is 0.215 e. The van der Waals surface area contributed by atoms with E-state index >= 15 is 0 Å². The predicted molar refractivity (Wildman–Crippen MR) is 77.8 cm³/mol. The Bertz CT molecular complexity index is 345. The molecule has 2 rings (SSSR count). The summed E-state index contributed by atoms with van der Waals surface area (Å²) < 4.78 is 26.5. The van der Waals surface area contributed by atoms with Gasteiger partial charge in [-0.15, -0.1) is 0 Å². The molecular weight excluding hydrogens is 262 g/mol. The first kappa shape index (κ1) is 15.2. The van der Waals surface area contributed by atoms with Crippen molar-refractivity contribution in [3.8, 4) is 0 Å². The summed E-state index contributed by atoms with van der Waals surface area (Å²) in [5.74, 6) is 0.285. The van der Waals surface area contributed by atoms with Crippen molar-refractivity contribution in [2.45, 2.75) is 32.1 Å². The SMILES string of the molecule is O=S(=O)(CCN1CCNCC1)N1CCCCCCC1. The third-order valence-corrected chi connectivity index (χ3v) is 5.93. The van der Waals surface area contributed by atoms with Crippen molar-refractivity contribution in [1.29, 1.82) is 0 Å². The van der Waals surface area contributed by atoms with Crippen molar-refractivity contribution in [2.24, 2.45) is 0 Å². The van der Waals surface area contributed by atoms with Gasteiger partial charge in [0, 0.05) is 45.8 Å². The fourth-order valence-corrected chi connectivity index (χ4v) is 4.37. The monoisotopic (exact) mass is 289 g/mol. The quantitative estimate of drug-likeness (QED) is 0.818. The lowest BCUT2D eigenvalue weighted by atomic mass is 10.1. The molecule has 0 spiro atoms. The van der Waals surface area contributed by atoms with Crippen LogP contribution in [-0.2, 0) is 10.0 Å². The van der Waals surface area contributed by atoms with E-state index in [-0.39, 0.29) is 5.75 Å². The molecular formula is C13H27N3O2S. The Labute approximate surface area is 117 Å². The molecule has 0 amide bonds. The normalized spacial score (nSPS) is 24.8. The molecule has 19 heavy (non-hydrogen) atoms. The Morgan fingerprint density at radius 2 is 1.42 bits per heavy atom. The van der Waals surface area contributed by atoms with Gasteiger partial charge in [-0.05, 0) is 12.8 Å². The zero-order valence-corrected chi connectivity index (χ0v) is 12.6. The van der Waals surface area contributed by atoms with E-state index < -0.39 is 10.0 Å². The van der Waals surface area contributed by atoms with Crippen LogP contribution in [-0.4, -0.2) is 69.2 Å². The van der Waals surface area contributed by atoms with Gasteiger partial charge in [0.1, 0.15) is 0 Å². The second kappa shape index (κ2) is 7.57. The van der Waals surface area contributed by atoms with E-state index in [0.29, 0.717) is 6.54 Å². The highest BCUT2D eigenvalue weighted by atomic mass is 32.2. The number of rotatable bonds is 4. The zero-order valence-electron chi connectivity index (χ0n) is 11.8. The smallest absolute Gasteiger partial charge is 0.215 e. The van der Waals surface area contributed by atoms with Crippen molar-refractivity contribution in [3.05, 3.63) is 0 Å². The van der Waals surface area contributed by atoms with Gasteiger partial charge >= 0.3 is 0 Å². The fourth-order valence-electron chi connectivity index (χ4n) is 2.80. The lowest BCUT2D eigenvalue weighted by Crippen LogP contribution is -2.46. The third-order valence-electron chi connectivity index (χ3n) is 4.08. The van der Waals surface area contributed by atoms with Crippen LogP contribution >= 0.6 is 0 Å². The highest BCUT2D eigenvalue weighted by molar-refractivity contribution is 7.89. The molecule has 0 atom stereocenters. The number of nitrogens with zero attached hydrogens (tertiary/aromatic N) is 2. The summed E-state index contributed by atoms with van der Waals surface area (Å²) in [5, 5.41) is 3.29. The first-order valence-electron chi connectivity index (χ1n) is 7.59. The van der Waals surface area contributed by atoms with Crippen LogP contribution in [0.3, 0.4) is 0 Å². The molecule has 0 radical (unpaired) electrons. The van der Waals surface area contributed by atoms with Crippen LogP contribution < -0.4 is 5.32 Å². The minimum atomic E-state index is -3.05.